The van der Waals surface area contributed by atoms with Crippen molar-refractivity contribution in [2.24, 2.45) is 7.05 Å². The number of aromatic nitrogens is 4. The molecule has 1 aliphatic rings. The van der Waals surface area contributed by atoms with Gasteiger partial charge < -0.3 is 20.1 Å². The topological polar surface area (TPSA) is 122 Å². The Hall–Kier alpha value is -4.86. The number of benzene rings is 2. The Kier molecular flexibility index (Phi) is 8.38. The highest BCUT2D eigenvalue weighted by Gasteiger charge is 2.20. The van der Waals surface area contributed by atoms with Gasteiger partial charge in [-0.3, -0.25) is 14.4 Å². The Labute approximate surface area is 251 Å². The summed E-state index contributed by atoms with van der Waals surface area (Å²) in [6.07, 6.45) is 8.24. The van der Waals surface area contributed by atoms with Gasteiger partial charge in [0.15, 0.2) is 5.82 Å². The maximum atomic E-state index is 13.0. The van der Waals surface area contributed by atoms with Crippen LogP contribution in [0.5, 0.6) is 0 Å². The molecular weight excluding hydrogens is 542 g/mol. The fraction of sp³-hybridized carbons (Fsp3) is 0.333. The molecule has 5 rings (SSSR count). The van der Waals surface area contributed by atoms with E-state index in [1.54, 1.807) is 56.0 Å². The predicted molar refractivity (Wildman–Crippen MR) is 168 cm³/mol. The summed E-state index contributed by atoms with van der Waals surface area (Å²) in [6.45, 7) is 9.63. The van der Waals surface area contributed by atoms with Crippen molar-refractivity contribution in [1.82, 2.24) is 24.4 Å². The highest BCUT2D eigenvalue weighted by molar-refractivity contribution is 6.02. The molecule has 1 aliphatic heterocycles. The molecule has 2 aromatic heterocycles. The van der Waals surface area contributed by atoms with Crippen molar-refractivity contribution in [2.45, 2.75) is 52.4 Å². The number of likely N-dealkylation sites (tertiary alicyclic amines) is 1. The summed E-state index contributed by atoms with van der Waals surface area (Å²) in [7, 11) is 1.67. The summed E-state index contributed by atoms with van der Waals surface area (Å²) < 4.78 is 1.47. The Bertz CT molecular complexity index is 1700. The molecule has 0 atom stereocenters. The lowest BCUT2D eigenvalue weighted by Crippen LogP contribution is -2.35. The molecule has 0 saturated carbocycles. The van der Waals surface area contributed by atoms with Crippen molar-refractivity contribution in [3.63, 3.8) is 0 Å². The highest BCUT2D eigenvalue weighted by Crippen LogP contribution is 2.28. The number of carbonyl (C=O) groups is 2. The van der Waals surface area contributed by atoms with E-state index in [0.717, 1.165) is 49.0 Å². The summed E-state index contributed by atoms with van der Waals surface area (Å²) >= 11 is 0. The monoisotopic (exact) mass is 579 g/mol. The lowest BCUT2D eigenvalue weighted by Gasteiger charge is -2.26. The first-order valence-electron chi connectivity index (χ1n) is 14.5. The third kappa shape index (κ3) is 6.63. The van der Waals surface area contributed by atoms with Crippen molar-refractivity contribution >= 4 is 29.0 Å². The van der Waals surface area contributed by atoms with Crippen molar-refractivity contribution in [1.29, 1.82) is 0 Å². The van der Waals surface area contributed by atoms with Crippen LogP contribution in [0.25, 0.3) is 11.3 Å². The van der Waals surface area contributed by atoms with Gasteiger partial charge in [0.25, 0.3) is 17.4 Å². The molecule has 0 radical (unpaired) electrons. The molecule has 10 nitrogen and oxygen atoms in total. The van der Waals surface area contributed by atoms with Crippen LogP contribution < -0.4 is 16.2 Å². The number of nitrogens with zero attached hydrogens (tertiary/aromatic N) is 5. The van der Waals surface area contributed by atoms with Crippen LogP contribution in [0.3, 0.4) is 0 Å². The van der Waals surface area contributed by atoms with Gasteiger partial charge in [-0.25, -0.2) is 15.0 Å². The minimum Gasteiger partial charge on any atom is -0.339 e. The lowest BCUT2D eigenvalue weighted by atomic mass is 9.89. The maximum absolute atomic E-state index is 13.0. The van der Waals surface area contributed by atoms with E-state index in [2.05, 4.69) is 46.4 Å². The molecule has 222 valence electrons. The second kappa shape index (κ2) is 12.2. The molecule has 10 heteroatoms. The van der Waals surface area contributed by atoms with Crippen LogP contribution in [0.15, 0.2) is 65.8 Å². The fourth-order valence-electron chi connectivity index (χ4n) is 4.99. The average molecular weight is 580 g/mol. The van der Waals surface area contributed by atoms with Gasteiger partial charge in [0.1, 0.15) is 0 Å². The zero-order valence-electron chi connectivity index (χ0n) is 25.3. The van der Waals surface area contributed by atoms with Crippen LogP contribution in [0.4, 0.5) is 17.2 Å². The van der Waals surface area contributed by atoms with Gasteiger partial charge in [0.05, 0.1) is 5.69 Å². The van der Waals surface area contributed by atoms with Gasteiger partial charge >= 0.3 is 0 Å². The number of aryl methyl sites for hydroxylation is 1. The van der Waals surface area contributed by atoms with Gasteiger partial charge in [-0.2, -0.15) is 0 Å². The molecule has 3 heterocycles. The van der Waals surface area contributed by atoms with E-state index in [9.17, 15) is 14.4 Å². The number of carbonyl (C=O) groups excluding carboxylic acids is 2. The third-order valence-corrected chi connectivity index (χ3v) is 7.69. The number of hydrogen-bond donors (Lipinski definition) is 2. The summed E-state index contributed by atoms with van der Waals surface area (Å²) in [5.74, 6) is -0.165. The summed E-state index contributed by atoms with van der Waals surface area (Å²) in [5.41, 5.74) is 4.46. The molecule has 4 aromatic rings. The van der Waals surface area contributed by atoms with Crippen LogP contribution in [-0.2, 0) is 12.5 Å². The Balaban J connectivity index is 1.35. The van der Waals surface area contributed by atoms with Gasteiger partial charge in [-0.1, -0.05) is 32.9 Å². The zero-order valence-corrected chi connectivity index (χ0v) is 25.3. The molecule has 0 unspecified atom stereocenters. The molecule has 2 amide bonds. The van der Waals surface area contributed by atoms with Gasteiger partial charge in [0.2, 0.25) is 5.82 Å². The number of nitrogens with one attached hydrogen (secondary N) is 2. The Morgan fingerprint density at radius 3 is 2.26 bits per heavy atom. The van der Waals surface area contributed by atoms with Crippen molar-refractivity contribution in [2.75, 3.05) is 23.7 Å². The summed E-state index contributed by atoms with van der Waals surface area (Å²) in [5, 5.41) is 6.02. The molecule has 43 heavy (non-hydrogen) atoms. The lowest BCUT2D eigenvalue weighted by molar-refractivity contribution is 0.0724. The Morgan fingerprint density at radius 1 is 0.930 bits per heavy atom. The minimum absolute atomic E-state index is 0.0261. The second-order valence-corrected chi connectivity index (χ2v) is 11.9. The van der Waals surface area contributed by atoms with Crippen LogP contribution in [0.2, 0.25) is 0 Å². The fourth-order valence-corrected chi connectivity index (χ4v) is 4.99. The number of anilines is 3. The molecule has 1 fully saturated rings. The molecule has 0 bridgehead atoms. The second-order valence-electron chi connectivity index (χ2n) is 11.9. The van der Waals surface area contributed by atoms with Crippen LogP contribution in [-0.4, -0.2) is 49.3 Å². The predicted octanol–water partition coefficient (Wildman–Crippen LogP) is 5.47. The molecule has 2 aromatic carbocycles. The highest BCUT2D eigenvalue weighted by atomic mass is 16.2. The zero-order chi connectivity index (χ0) is 30.7. The van der Waals surface area contributed by atoms with Crippen LogP contribution >= 0.6 is 0 Å². The SMILES string of the molecule is Cc1c(NC(=O)c2ncc(C(C)(C)C)cn2)cccc1-c1cn(C)c(=O)c(Nc2ccc(C(=O)N3CCCCC3)cc2)n1. The standard InChI is InChI=1S/C33H37N7O3/c1-21-25(10-9-11-26(21)38-30(41)28-34-18-23(19-35-28)33(2,3)4)27-20-39(5)32(43)29(37-27)36-24-14-12-22(13-15-24)31(42)40-16-7-6-8-17-40/h9-15,18-20H,6-8,16-17H2,1-5H3,(H,36,37)(H,38,41). The van der Waals surface area contributed by atoms with Crippen LogP contribution in [0, 0.1) is 6.92 Å². The maximum Gasteiger partial charge on any atom is 0.293 e. The Morgan fingerprint density at radius 2 is 1.60 bits per heavy atom. The first-order chi connectivity index (χ1) is 20.5. The number of rotatable bonds is 6. The normalized spacial score (nSPS) is 13.5. The van der Waals surface area contributed by atoms with Crippen LogP contribution in [0.1, 0.15) is 72.1 Å². The van der Waals surface area contributed by atoms with E-state index < -0.39 is 5.91 Å². The van der Waals surface area contributed by atoms with Crippen molar-refractivity contribution in [3.8, 4) is 11.3 Å². The average Bonchev–Trinajstić information content (AvgIpc) is 3.00. The van der Waals surface area contributed by atoms with Crippen molar-refractivity contribution in [3.05, 3.63) is 93.9 Å². The smallest absolute Gasteiger partial charge is 0.293 e. The minimum atomic E-state index is -0.418. The molecule has 1 saturated heterocycles. The quantitative estimate of drug-likeness (QED) is 0.311. The van der Waals surface area contributed by atoms with Crippen molar-refractivity contribution < 1.29 is 9.59 Å². The van der Waals surface area contributed by atoms with Gasteiger partial charge in [-0.15, -0.1) is 0 Å². The first-order valence-corrected chi connectivity index (χ1v) is 14.5. The van der Waals surface area contributed by atoms with E-state index >= 15 is 0 Å². The van der Waals surface area contributed by atoms with E-state index in [1.807, 2.05) is 24.0 Å². The first kappa shape index (κ1) is 29.6. The molecule has 0 spiro atoms. The largest absolute Gasteiger partial charge is 0.339 e. The third-order valence-electron chi connectivity index (χ3n) is 7.69. The van der Waals surface area contributed by atoms with E-state index in [1.165, 1.54) is 4.57 Å². The van der Waals surface area contributed by atoms with E-state index in [-0.39, 0.29) is 28.5 Å². The molecule has 2 N–H and O–H groups in total. The summed E-state index contributed by atoms with van der Waals surface area (Å²) in [6, 6.07) is 12.6. The molecular formula is C33H37N7O3. The number of hydrogen-bond acceptors (Lipinski definition) is 7. The van der Waals surface area contributed by atoms with E-state index in [0.29, 0.717) is 22.6 Å². The van der Waals surface area contributed by atoms with E-state index in [4.69, 9.17) is 0 Å². The van der Waals surface area contributed by atoms with Gasteiger partial charge in [0, 0.05) is 61.2 Å². The molecule has 0 aliphatic carbocycles. The number of piperidine rings is 1. The number of amides is 2. The van der Waals surface area contributed by atoms with Gasteiger partial charge in [-0.05, 0) is 73.1 Å². The summed E-state index contributed by atoms with van der Waals surface area (Å²) in [4.78, 5) is 53.8.